The molecule has 0 unspecified atom stereocenters. The molecule has 0 amide bonds. The summed E-state index contributed by atoms with van der Waals surface area (Å²) in [6.07, 6.45) is 0. The number of rotatable bonds is 7. The van der Waals surface area contributed by atoms with E-state index in [1.807, 2.05) is 12.1 Å². The topological polar surface area (TPSA) is 29.5 Å². The Labute approximate surface area is 393 Å². The van der Waals surface area contributed by atoms with Crippen molar-refractivity contribution in [1.82, 2.24) is 0 Å². The predicted octanol–water partition coefficient (Wildman–Crippen LogP) is 17.8. The zero-order chi connectivity index (χ0) is 44.8. The van der Waals surface area contributed by atoms with Crippen LogP contribution in [0.25, 0.3) is 88.0 Å². The van der Waals surface area contributed by atoms with Crippen LogP contribution in [0.15, 0.2) is 258 Å². The van der Waals surface area contributed by atoms with Gasteiger partial charge in [0.15, 0.2) is 0 Å². The molecule has 0 saturated heterocycles. The highest BCUT2D eigenvalue weighted by molar-refractivity contribution is 6.20. The maximum absolute atomic E-state index is 6.77. The lowest BCUT2D eigenvalue weighted by molar-refractivity contribution is 0.670. The summed E-state index contributed by atoms with van der Waals surface area (Å²) in [6.45, 7) is 0. The Bertz CT molecular complexity index is 4050. The van der Waals surface area contributed by atoms with Gasteiger partial charge in [0.05, 0.1) is 11.1 Å². The molecule has 0 radical (unpaired) electrons. The number of anilines is 3. The molecule has 0 aliphatic heterocycles. The predicted molar refractivity (Wildman–Crippen MR) is 281 cm³/mol. The van der Waals surface area contributed by atoms with Crippen LogP contribution in [0, 0.1) is 0 Å². The van der Waals surface area contributed by atoms with Crippen LogP contribution in [0.1, 0.15) is 22.3 Å². The van der Waals surface area contributed by atoms with Crippen LogP contribution in [0.2, 0.25) is 0 Å². The number of furan rings is 2. The Hall–Kier alpha value is -8.92. The monoisotopic (exact) mass is 867 g/mol. The summed E-state index contributed by atoms with van der Waals surface area (Å²) in [5.74, 6) is 0. The van der Waals surface area contributed by atoms with E-state index in [1.54, 1.807) is 0 Å². The van der Waals surface area contributed by atoms with Gasteiger partial charge in [-0.05, 0) is 98.4 Å². The second-order valence-corrected chi connectivity index (χ2v) is 17.9. The van der Waals surface area contributed by atoms with Gasteiger partial charge < -0.3 is 13.7 Å². The minimum absolute atomic E-state index is 0.561. The van der Waals surface area contributed by atoms with Crippen LogP contribution in [0.3, 0.4) is 0 Å². The summed E-state index contributed by atoms with van der Waals surface area (Å²) in [7, 11) is 0. The number of hydrogen-bond acceptors (Lipinski definition) is 3. The summed E-state index contributed by atoms with van der Waals surface area (Å²) in [6, 6.07) is 90.1. The fourth-order valence-corrected chi connectivity index (χ4v) is 11.4. The Balaban J connectivity index is 1.02. The van der Waals surface area contributed by atoms with E-state index in [-0.39, 0.29) is 0 Å². The van der Waals surface area contributed by atoms with Crippen molar-refractivity contribution < 1.29 is 8.83 Å². The van der Waals surface area contributed by atoms with Crippen LogP contribution >= 0.6 is 0 Å². The molecule has 3 nitrogen and oxygen atoms in total. The molecule has 0 saturated carbocycles. The van der Waals surface area contributed by atoms with Gasteiger partial charge in [-0.1, -0.05) is 200 Å². The molecule has 0 atom stereocenters. The van der Waals surface area contributed by atoms with E-state index in [4.69, 9.17) is 8.83 Å². The third-order valence-corrected chi connectivity index (χ3v) is 14.4. The highest BCUT2D eigenvalue weighted by Gasteiger charge is 2.46. The summed E-state index contributed by atoms with van der Waals surface area (Å²) < 4.78 is 13.3. The maximum Gasteiger partial charge on any atom is 0.143 e. The van der Waals surface area contributed by atoms with Gasteiger partial charge in [-0.2, -0.15) is 0 Å². The molecule has 0 spiro atoms. The Kier molecular flexibility index (Phi) is 8.50. The van der Waals surface area contributed by atoms with Crippen LogP contribution in [0.5, 0.6) is 0 Å². The van der Waals surface area contributed by atoms with Gasteiger partial charge >= 0.3 is 0 Å². The maximum atomic E-state index is 6.77. The summed E-state index contributed by atoms with van der Waals surface area (Å²) in [5.41, 5.74) is 18.0. The molecule has 2 heterocycles. The van der Waals surface area contributed by atoms with Crippen molar-refractivity contribution >= 4 is 71.7 Å². The van der Waals surface area contributed by atoms with Crippen molar-refractivity contribution in [3.63, 3.8) is 0 Å². The molecule has 1 aliphatic rings. The number of hydrogen-bond donors (Lipinski definition) is 0. The summed E-state index contributed by atoms with van der Waals surface area (Å²) in [4.78, 5) is 2.45. The van der Waals surface area contributed by atoms with Crippen molar-refractivity contribution in [3.8, 4) is 33.4 Å². The molecule has 0 fully saturated rings. The van der Waals surface area contributed by atoms with Crippen molar-refractivity contribution in [1.29, 1.82) is 0 Å². The van der Waals surface area contributed by atoms with E-state index in [9.17, 15) is 0 Å². The standard InChI is InChI=1S/C65H41NO2/c1-3-18-44(19-4-1)65(45-20-5-2-6-21-45)57-29-12-9-23-50(57)51-40-38-47(41-58(51)65)66(46-36-33-43(34-37-46)49-26-15-28-55-53-25-11-14-31-60(53)67-63(49)55)59-30-13-10-24-52(59)54-27-16-32-61-62(54)56-39-35-42-17-7-8-22-48(42)64(56)68-61/h1-41H. The molecule has 68 heavy (non-hydrogen) atoms. The average Bonchev–Trinajstić information content (AvgIpc) is 4.09. The van der Waals surface area contributed by atoms with Crippen molar-refractivity contribution in [2.75, 3.05) is 4.90 Å². The first-order valence-electron chi connectivity index (χ1n) is 23.3. The highest BCUT2D eigenvalue weighted by atomic mass is 16.3. The van der Waals surface area contributed by atoms with E-state index in [2.05, 4.69) is 241 Å². The molecule has 13 aromatic rings. The van der Waals surface area contributed by atoms with E-state index in [0.717, 1.165) is 94.0 Å². The molecule has 2 aromatic heterocycles. The van der Waals surface area contributed by atoms with Crippen LogP contribution in [-0.4, -0.2) is 0 Å². The zero-order valence-corrected chi connectivity index (χ0v) is 36.9. The van der Waals surface area contributed by atoms with E-state index in [1.165, 1.54) is 33.4 Å². The van der Waals surface area contributed by atoms with Crippen molar-refractivity contribution in [2.24, 2.45) is 0 Å². The van der Waals surface area contributed by atoms with Gasteiger partial charge in [-0.3, -0.25) is 0 Å². The number of para-hydroxylation sites is 3. The Morgan fingerprint density at radius 2 is 0.912 bits per heavy atom. The highest BCUT2D eigenvalue weighted by Crippen LogP contribution is 2.58. The Morgan fingerprint density at radius 3 is 1.74 bits per heavy atom. The quantitative estimate of drug-likeness (QED) is 0.160. The molecule has 0 bridgehead atoms. The van der Waals surface area contributed by atoms with Gasteiger partial charge in [0, 0.05) is 49.4 Å². The van der Waals surface area contributed by atoms with E-state index < -0.39 is 5.41 Å². The first-order valence-corrected chi connectivity index (χ1v) is 23.3. The largest absolute Gasteiger partial charge is 0.455 e. The third kappa shape index (κ3) is 5.60. The molecule has 1 aliphatic carbocycles. The SMILES string of the molecule is c1ccc(C2(c3ccccc3)c3ccccc3-c3ccc(N(c4ccc(-c5cccc6c5oc5ccccc56)cc4)c4ccccc4-c4cccc5oc6c7ccccc7ccc6c45)cc32)cc1. The van der Waals surface area contributed by atoms with E-state index >= 15 is 0 Å². The smallest absolute Gasteiger partial charge is 0.143 e. The second kappa shape index (κ2) is 15.1. The minimum atomic E-state index is -0.561. The van der Waals surface area contributed by atoms with Gasteiger partial charge in [-0.15, -0.1) is 0 Å². The fourth-order valence-electron chi connectivity index (χ4n) is 11.4. The van der Waals surface area contributed by atoms with Crippen molar-refractivity contribution in [3.05, 3.63) is 271 Å². The lowest BCUT2D eigenvalue weighted by Gasteiger charge is -2.35. The third-order valence-electron chi connectivity index (χ3n) is 14.4. The molecule has 14 rings (SSSR count). The molecular formula is C65H41NO2. The summed E-state index contributed by atoms with van der Waals surface area (Å²) in [5, 5.41) is 6.72. The average molecular weight is 868 g/mol. The molecule has 318 valence electrons. The lowest BCUT2D eigenvalue weighted by atomic mass is 9.67. The van der Waals surface area contributed by atoms with Gasteiger partial charge in [0.25, 0.3) is 0 Å². The normalized spacial score (nSPS) is 12.8. The fraction of sp³-hybridized carbons (Fsp3) is 0.0154. The number of benzene rings is 11. The first-order chi connectivity index (χ1) is 33.7. The van der Waals surface area contributed by atoms with Gasteiger partial charge in [0.2, 0.25) is 0 Å². The number of fused-ring (bicyclic) bond motifs is 11. The molecule has 11 aromatic carbocycles. The summed E-state index contributed by atoms with van der Waals surface area (Å²) >= 11 is 0. The molecular weight excluding hydrogens is 827 g/mol. The minimum Gasteiger partial charge on any atom is -0.455 e. The van der Waals surface area contributed by atoms with Crippen LogP contribution < -0.4 is 4.90 Å². The van der Waals surface area contributed by atoms with Crippen molar-refractivity contribution in [2.45, 2.75) is 5.41 Å². The first kappa shape index (κ1) is 38.4. The van der Waals surface area contributed by atoms with Gasteiger partial charge in [-0.25, -0.2) is 0 Å². The lowest BCUT2D eigenvalue weighted by Crippen LogP contribution is -2.28. The molecule has 3 heteroatoms. The van der Waals surface area contributed by atoms with Gasteiger partial charge in [0.1, 0.15) is 22.3 Å². The zero-order valence-electron chi connectivity index (χ0n) is 36.9. The van der Waals surface area contributed by atoms with E-state index in [0.29, 0.717) is 0 Å². The van der Waals surface area contributed by atoms with Crippen LogP contribution in [-0.2, 0) is 5.41 Å². The number of nitrogens with zero attached hydrogens (tertiary/aromatic N) is 1. The van der Waals surface area contributed by atoms with Crippen LogP contribution in [0.4, 0.5) is 17.1 Å². The second-order valence-electron chi connectivity index (χ2n) is 17.9. The molecule has 0 N–H and O–H groups in total. The Morgan fingerprint density at radius 1 is 0.324 bits per heavy atom.